The zero-order chi connectivity index (χ0) is 14.0. The number of ether oxygens (including phenoxy) is 2. The number of unbranched alkanes of at least 4 members (excludes halogenated alkanes) is 1. The van der Waals surface area contributed by atoms with Crippen molar-refractivity contribution in [1.82, 2.24) is 0 Å². The lowest BCUT2D eigenvalue weighted by molar-refractivity contribution is -0.168. The Morgan fingerprint density at radius 1 is 1.11 bits per heavy atom. The molecule has 0 rings (SSSR count). The van der Waals surface area contributed by atoms with Crippen molar-refractivity contribution in [3.05, 3.63) is 0 Å². The predicted molar refractivity (Wildman–Crippen MR) is 64.0 cm³/mol. The number of nitriles is 1. The highest BCUT2D eigenvalue weighted by Gasteiger charge is 2.48. The molecule has 0 heterocycles. The van der Waals surface area contributed by atoms with Crippen molar-refractivity contribution in [2.75, 3.05) is 14.2 Å². The first-order chi connectivity index (χ1) is 8.58. The molecule has 0 saturated heterocycles. The molecule has 0 radical (unpaired) electrons. The van der Waals surface area contributed by atoms with Crippen LogP contribution in [0.15, 0.2) is 0 Å². The second-order valence-electron chi connectivity index (χ2n) is 3.68. The van der Waals surface area contributed by atoms with Gasteiger partial charge >= 0.3 is 11.9 Å². The minimum atomic E-state index is -1.64. The molecule has 0 aromatic heterocycles. The molecule has 0 N–H and O–H groups in total. The van der Waals surface area contributed by atoms with E-state index in [1.54, 1.807) is 0 Å². The van der Waals surface area contributed by atoms with Gasteiger partial charge in [-0.25, -0.2) is 0 Å². The molecule has 0 aliphatic carbocycles. The van der Waals surface area contributed by atoms with Crippen LogP contribution in [-0.2, 0) is 19.1 Å². The van der Waals surface area contributed by atoms with Gasteiger partial charge in [0.15, 0.2) is 5.41 Å². The zero-order valence-corrected chi connectivity index (χ0v) is 10.9. The second kappa shape index (κ2) is 8.14. The summed E-state index contributed by atoms with van der Waals surface area (Å²) in [5, 5.41) is 8.78. The Morgan fingerprint density at radius 2 is 1.67 bits per heavy atom. The highest BCUT2D eigenvalue weighted by Crippen LogP contribution is 2.29. The first kappa shape index (κ1) is 16.0. The minimum Gasteiger partial charge on any atom is -0.468 e. The first-order valence-electron chi connectivity index (χ1n) is 5.58. The molecule has 0 aliphatic heterocycles. The van der Waals surface area contributed by atoms with Crippen LogP contribution in [0.25, 0.3) is 0 Å². The lowest BCUT2D eigenvalue weighted by Gasteiger charge is -2.23. The van der Waals surface area contributed by atoms with Gasteiger partial charge in [-0.1, -0.05) is 6.92 Å². The third kappa shape index (κ3) is 3.78. The standard InChI is InChI=1S/C13H17NO4/c1-4-5-6-7-8-13(9-10-14,11(15)17-2)12(16)18-3/h4-5,8-9H2,1-3H3. The molecule has 0 aliphatic rings. The third-order valence-electron chi connectivity index (χ3n) is 2.42. The highest BCUT2D eigenvalue weighted by molar-refractivity contribution is 6.00. The van der Waals surface area contributed by atoms with E-state index < -0.39 is 17.4 Å². The molecule has 0 saturated carbocycles. The lowest BCUT2D eigenvalue weighted by atomic mass is 9.81. The number of carbonyl (C=O) groups is 2. The fourth-order valence-electron chi connectivity index (χ4n) is 1.39. The Morgan fingerprint density at radius 3 is 2.06 bits per heavy atom. The van der Waals surface area contributed by atoms with Crippen molar-refractivity contribution >= 4 is 11.9 Å². The smallest absolute Gasteiger partial charge is 0.325 e. The average molecular weight is 251 g/mol. The van der Waals surface area contributed by atoms with Gasteiger partial charge in [0, 0.05) is 12.8 Å². The number of rotatable bonds is 5. The summed E-state index contributed by atoms with van der Waals surface area (Å²) in [7, 11) is 2.33. The van der Waals surface area contributed by atoms with E-state index in [-0.39, 0.29) is 12.8 Å². The van der Waals surface area contributed by atoms with Crippen LogP contribution in [0.5, 0.6) is 0 Å². The van der Waals surface area contributed by atoms with E-state index in [9.17, 15) is 9.59 Å². The lowest BCUT2D eigenvalue weighted by Crippen LogP contribution is -2.40. The van der Waals surface area contributed by atoms with Crippen LogP contribution >= 0.6 is 0 Å². The predicted octanol–water partition coefficient (Wildman–Crippen LogP) is 1.43. The molecule has 5 heteroatoms. The molecular weight excluding hydrogens is 234 g/mol. The Balaban J connectivity index is 5.23. The molecule has 18 heavy (non-hydrogen) atoms. The first-order valence-corrected chi connectivity index (χ1v) is 5.58. The fourth-order valence-corrected chi connectivity index (χ4v) is 1.39. The van der Waals surface area contributed by atoms with E-state index in [0.717, 1.165) is 20.6 Å². The molecule has 5 nitrogen and oxygen atoms in total. The maximum atomic E-state index is 11.7. The van der Waals surface area contributed by atoms with Crippen LogP contribution in [0.1, 0.15) is 32.6 Å². The maximum Gasteiger partial charge on any atom is 0.325 e. The van der Waals surface area contributed by atoms with Gasteiger partial charge in [-0.2, -0.15) is 5.26 Å². The van der Waals surface area contributed by atoms with E-state index >= 15 is 0 Å². The van der Waals surface area contributed by atoms with Crippen molar-refractivity contribution in [3.8, 4) is 17.9 Å². The monoisotopic (exact) mass is 251 g/mol. The molecule has 0 aromatic carbocycles. The van der Waals surface area contributed by atoms with Crippen LogP contribution < -0.4 is 0 Å². The van der Waals surface area contributed by atoms with Crippen molar-refractivity contribution in [1.29, 1.82) is 5.26 Å². The minimum absolute atomic E-state index is 0.0695. The quantitative estimate of drug-likeness (QED) is 0.419. The van der Waals surface area contributed by atoms with Crippen LogP contribution in [-0.4, -0.2) is 26.2 Å². The van der Waals surface area contributed by atoms with Crippen LogP contribution in [0.3, 0.4) is 0 Å². The molecule has 0 aromatic rings. The van der Waals surface area contributed by atoms with Crippen LogP contribution in [0.2, 0.25) is 0 Å². The van der Waals surface area contributed by atoms with E-state index in [0.29, 0.717) is 6.42 Å². The largest absolute Gasteiger partial charge is 0.468 e. The van der Waals surface area contributed by atoms with E-state index in [1.807, 2.05) is 13.0 Å². The summed E-state index contributed by atoms with van der Waals surface area (Å²) in [5.41, 5.74) is -1.64. The molecule has 98 valence electrons. The van der Waals surface area contributed by atoms with Crippen molar-refractivity contribution in [2.45, 2.75) is 32.6 Å². The summed E-state index contributed by atoms with van der Waals surface area (Å²) < 4.78 is 9.18. The molecule has 0 atom stereocenters. The molecular formula is C13H17NO4. The van der Waals surface area contributed by atoms with Crippen LogP contribution in [0, 0.1) is 28.6 Å². The summed E-state index contributed by atoms with van der Waals surface area (Å²) in [4.78, 5) is 23.5. The molecule has 0 spiro atoms. The molecule has 0 unspecified atom stereocenters. The fraction of sp³-hybridized carbons (Fsp3) is 0.615. The number of hydrogen-bond donors (Lipinski definition) is 0. The SMILES string of the molecule is CCCC#CCC(CC#N)(C(=O)OC)C(=O)OC. The highest BCUT2D eigenvalue weighted by atomic mass is 16.5. The van der Waals surface area contributed by atoms with Gasteiger partial charge in [-0.05, 0) is 6.42 Å². The number of methoxy groups -OCH3 is 2. The number of carbonyl (C=O) groups excluding carboxylic acids is 2. The van der Waals surface area contributed by atoms with Crippen molar-refractivity contribution in [3.63, 3.8) is 0 Å². The average Bonchev–Trinajstić information content (AvgIpc) is 2.40. The Kier molecular flexibility index (Phi) is 7.23. The normalized spacial score (nSPS) is 9.67. The van der Waals surface area contributed by atoms with E-state index in [2.05, 4.69) is 21.3 Å². The summed E-state index contributed by atoms with van der Waals surface area (Å²) >= 11 is 0. The van der Waals surface area contributed by atoms with Crippen LogP contribution in [0.4, 0.5) is 0 Å². The van der Waals surface area contributed by atoms with Gasteiger partial charge < -0.3 is 9.47 Å². The number of hydrogen-bond acceptors (Lipinski definition) is 5. The summed E-state index contributed by atoms with van der Waals surface area (Å²) in [6.45, 7) is 1.97. The summed E-state index contributed by atoms with van der Waals surface area (Å²) in [6.07, 6.45) is 1.17. The topological polar surface area (TPSA) is 76.4 Å². The van der Waals surface area contributed by atoms with Gasteiger partial charge in [0.1, 0.15) is 0 Å². The van der Waals surface area contributed by atoms with Gasteiger partial charge in [-0.3, -0.25) is 9.59 Å². The third-order valence-corrected chi connectivity index (χ3v) is 2.42. The van der Waals surface area contributed by atoms with Crippen molar-refractivity contribution < 1.29 is 19.1 Å². The molecule has 0 bridgehead atoms. The maximum absolute atomic E-state index is 11.7. The molecule has 0 fully saturated rings. The summed E-state index contributed by atoms with van der Waals surface area (Å²) in [6, 6.07) is 1.81. The zero-order valence-electron chi connectivity index (χ0n) is 10.9. The van der Waals surface area contributed by atoms with Gasteiger partial charge in [-0.15, -0.1) is 11.8 Å². The Hall–Kier alpha value is -2.01. The van der Waals surface area contributed by atoms with Gasteiger partial charge in [0.2, 0.25) is 0 Å². The number of nitrogens with zero attached hydrogens (tertiary/aromatic N) is 1. The van der Waals surface area contributed by atoms with E-state index in [1.165, 1.54) is 0 Å². The second-order valence-corrected chi connectivity index (χ2v) is 3.68. The van der Waals surface area contributed by atoms with Gasteiger partial charge in [0.05, 0.1) is 26.7 Å². The van der Waals surface area contributed by atoms with E-state index in [4.69, 9.17) is 5.26 Å². The molecule has 0 amide bonds. The Bertz CT molecular complexity index is 381. The number of esters is 2. The van der Waals surface area contributed by atoms with Gasteiger partial charge in [0.25, 0.3) is 0 Å². The summed E-state index contributed by atoms with van der Waals surface area (Å²) in [5.74, 6) is 3.99. The Labute approximate surface area is 107 Å². The van der Waals surface area contributed by atoms with Crippen molar-refractivity contribution in [2.24, 2.45) is 5.41 Å².